The molecule has 1 aromatic heterocycles. The van der Waals surface area contributed by atoms with Gasteiger partial charge in [0.15, 0.2) is 0 Å². The van der Waals surface area contributed by atoms with E-state index >= 15 is 0 Å². The van der Waals surface area contributed by atoms with Crippen molar-refractivity contribution in [2.75, 3.05) is 26.2 Å². The van der Waals surface area contributed by atoms with E-state index in [9.17, 15) is 18.0 Å². The van der Waals surface area contributed by atoms with Gasteiger partial charge in [-0.1, -0.05) is 0 Å². The van der Waals surface area contributed by atoms with E-state index in [0.29, 0.717) is 17.0 Å². The third-order valence-electron chi connectivity index (χ3n) is 5.55. The van der Waals surface area contributed by atoms with Gasteiger partial charge in [0, 0.05) is 19.1 Å². The first kappa shape index (κ1) is 22.3. The highest BCUT2D eigenvalue weighted by atomic mass is 19.4. The summed E-state index contributed by atoms with van der Waals surface area (Å²) in [5, 5.41) is 7.12. The van der Waals surface area contributed by atoms with Crippen LogP contribution in [0.1, 0.15) is 49.9 Å². The van der Waals surface area contributed by atoms with Crippen molar-refractivity contribution in [3.05, 3.63) is 24.2 Å². The molecule has 0 atom stereocenters. The Labute approximate surface area is 162 Å². The van der Waals surface area contributed by atoms with Crippen molar-refractivity contribution < 1.29 is 32.3 Å². The standard InChI is InChI=1S/C17H26N2O2.C2HF3O2/c1-14(2)18-9-6-17(7-10-18)5-3-8-19(13-17)16(20)15-4-11-21-12-15;3-2(4,5)1(6)7/h4,11-12,14H,3,5-10,13H2,1-2H3;(H,6,7). The lowest BCUT2D eigenvalue weighted by molar-refractivity contribution is -0.192. The van der Waals surface area contributed by atoms with Crippen molar-refractivity contribution in [3.8, 4) is 0 Å². The number of carboxylic acid groups (broad SMARTS) is 1. The number of carboxylic acids is 1. The van der Waals surface area contributed by atoms with Crippen molar-refractivity contribution in [1.82, 2.24) is 9.80 Å². The zero-order valence-electron chi connectivity index (χ0n) is 16.2. The molecular formula is C19H27F3N2O4. The van der Waals surface area contributed by atoms with Gasteiger partial charge >= 0.3 is 12.1 Å². The third kappa shape index (κ3) is 5.73. The Morgan fingerprint density at radius 1 is 1.18 bits per heavy atom. The van der Waals surface area contributed by atoms with E-state index < -0.39 is 12.1 Å². The highest BCUT2D eigenvalue weighted by Gasteiger charge is 2.40. The first-order valence-electron chi connectivity index (χ1n) is 9.40. The van der Waals surface area contributed by atoms with Crippen molar-refractivity contribution in [3.63, 3.8) is 0 Å². The quantitative estimate of drug-likeness (QED) is 0.815. The van der Waals surface area contributed by atoms with Crippen molar-refractivity contribution in [2.24, 2.45) is 5.41 Å². The number of alkyl halides is 3. The first-order valence-corrected chi connectivity index (χ1v) is 9.40. The summed E-state index contributed by atoms with van der Waals surface area (Å²) in [6, 6.07) is 2.40. The number of amides is 1. The van der Waals surface area contributed by atoms with Crippen LogP contribution in [-0.4, -0.2) is 65.2 Å². The van der Waals surface area contributed by atoms with E-state index in [1.165, 1.54) is 32.4 Å². The number of likely N-dealkylation sites (tertiary alicyclic amines) is 2. The number of carbonyl (C=O) groups is 2. The van der Waals surface area contributed by atoms with Crippen LogP contribution >= 0.6 is 0 Å². The van der Waals surface area contributed by atoms with Crippen molar-refractivity contribution >= 4 is 11.9 Å². The third-order valence-corrected chi connectivity index (χ3v) is 5.55. The van der Waals surface area contributed by atoms with E-state index in [4.69, 9.17) is 14.3 Å². The number of piperidine rings is 2. The minimum Gasteiger partial charge on any atom is -0.475 e. The lowest BCUT2D eigenvalue weighted by Gasteiger charge is -2.48. The van der Waals surface area contributed by atoms with Gasteiger partial charge in [-0.05, 0) is 64.1 Å². The number of furan rings is 1. The summed E-state index contributed by atoms with van der Waals surface area (Å²) in [6.07, 6.45) is 2.90. The normalized spacial score (nSPS) is 20.0. The summed E-state index contributed by atoms with van der Waals surface area (Å²) < 4.78 is 36.8. The van der Waals surface area contributed by atoms with Gasteiger partial charge in [-0.2, -0.15) is 13.2 Å². The maximum atomic E-state index is 12.5. The molecule has 0 saturated carbocycles. The Bertz CT molecular complexity index is 651. The fraction of sp³-hybridized carbons (Fsp3) is 0.684. The molecule has 1 aromatic rings. The molecule has 0 aliphatic carbocycles. The van der Waals surface area contributed by atoms with Crippen LogP contribution in [0.3, 0.4) is 0 Å². The zero-order chi connectivity index (χ0) is 20.9. The molecule has 1 N–H and O–H groups in total. The molecule has 2 saturated heterocycles. The Morgan fingerprint density at radius 2 is 1.79 bits per heavy atom. The van der Waals surface area contributed by atoms with Crippen LogP contribution in [-0.2, 0) is 4.79 Å². The van der Waals surface area contributed by atoms with Gasteiger partial charge in [0.1, 0.15) is 6.26 Å². The zero-order valence-corrected chi connectivity index (χ0v) is 16.2. The second-order valence-electron chi connectivity index (χ2n) is 7.77. The average molecular weight is 404 g/mol. The van der Waals surface area contributed by atoms with Gasteiger partial charge in [0.05, 0.1) is 11.8 Å². The molecule has 9 heteroatoms. The monoisotopic (exact) mass is 404 g/mol. The number of hydrogen-bond donors (Lipinski definition) is 1. The highest BCUT2D eigenvalue weighted by molar-refractivity contribution is 5.93. The molecule has 2 fully saturated rings. The lowest BCUT2D eigenvalue weighted by atomic mass is 9.72. The van der Waals surface area contributed by atoms with Gasteiger partial charge in [-0.3, -0.25) is 4.79 Å². The largest absolute Gasteiger partial charge is 0.490 e. The van der Waals surface area contributed by atoms with E-state index in [0.717, 1.165) is 19.5 Å². The van der Waals surface area contributed by atoms with E-state index in [1.807, 2.05) is 4.90 Å². The predicted octanol–water partition coefficient (Wildman–Crippen LogP) is 3.64. The molecule has 1 spiro atoms. The molecule has 3 rings (SSSR count). The van der Waals surface area contributed by atoms with Gasteiger partial charge < -0.3 is 19.3 Å². The van der Waals surface area contributed by atoms with Crippen LogP contribution in [0.5, 0.6) is 0 Å². The number of nitrogens with zero attached hydrogens (tertiary/aromatic N) is 2. The molecule has 0 unspecified atom stereocenters. The number of aliphatic carboxylic acids is 1. The smallest absolute Gasteiger partial charge is 0.475 e. The van der Waals surface area contributed by atoms with Crippen LogP contribution in [0.4, 0.5) is 13.2 Å². The summed E-state index contributed by atoms with van der Waals surface area (Å²) >= 11 is 0. The SMILES string of the molecule is CC(C)N1CCC2(CCCN(C(=O)c3ccoc3)C2)CC1.O=C(O)C(F)(F)F. The van der Waals surface area contributed by atoms with Gasteiger partial charge in [-0.15, -0.1) is 0 Å². The molecule has 0 aromatic carbocycles. The van der Waals surface area contributed by atoms with Crippen LogP contribution in [0.25, 0.3) is 0 Å². The number of carbonyl (C=O) groups excluding carboxylic acids is 1. The summed E-state index contributed by atoms with van der Waals surface area (Å²) in [5.41, 5.74) is 1.04. The molecule has 28 heavy (non-hydrogen) atoms. The number of halogens is 3. The maximum Gasteiger partial charge on any atom is 0.490 e. The molecule has 0 radical (unpaired) electrons. The maximum absolute atomic E-state index is 12.5. The predicted molar refractivity (Wildman–Crippen MR) is 95.9 cm³/mol. The molecule has 2 aliphatic heterocycles. The topological polar surface area (TPSA) is 74.0 Å². The van der Waals surface area contributed by atoms with Crippen LogP contribution in [0, 0.1) is 5.41 Å². The van der Waals surface area contributed by atoms with Gasteiger partial charge in [-0.25, -0.2) is 4.79 Å². The Hall–Kier alpha value is -2.03. The van der Waals surface area contributed by atoms with E-state index in [2.05, 4.69) is 18.7 Å². The van der Waals surface area contributed by atoms with E-state index in [-0.39, 0.29) is 5.91 Å². The van der Waals surface area contributed by atoms with Crippen molar-refractivity contribution in [1.29, 1.82) is 0 Å². The second-order valence-corrected chi connectivity index (χ2v) is 7.77. The minimum atomic E-state index is -5.08. The van der Waals surface area contributed by atoms with Crippen molar-refractivity contribution in [2.45, 2.75) is 51.7 Å². The van der Waals surface area contributed by atoms with Gasteiger partial charge in [0.2, 0.25) is 0 Å². The second kappa shape index (κ2) is 8.98. The molecule has 6 nitrogen and oxygen atoms in total. The molecular weight excluding hydrogens is 377 g/mol. The van der Waals surface area contributed by atoms with Crippen LogP contribution < -0.4 is 0 Å². The number of rotatable bonds is 2. The average Bonchev–Trinajstić information content (AvgIpc) is 3.16. The first-order chi connectivity index (χ1) is 13.0. The molecule has 0 bridgehead atoms. The molecule has 158 valence electrons. The summed E-state index contributed by atoms with van der Waals surface area (Å²) in [6.45, 7) is 8.70. The summed E-state index contributed by atoms with van der Waals surface area (Å²) in [5.74, 6) is -2.62. The molecule has 2 aliphatic rings. The summed E-state index contributed by atoms with van der Waals surface area (Å²) in [7, 11) is 0. The fourth-order valence-electron chi connectivity index (χ4n) is 3.87. The fourth-order valence-corrected chi connectivity index (χ4v) is 3.87. The molecule has 3 heterocycles. The Kier molecular flexibility index (Phi) is 7.14. The lowest BCUT2D eigenvalue weighted by Crippen LogP contribution is -2.52. The van der Waals surface area contributed by atoms with Crippen LogP contribution in [0.15, 0.2) is 23.0 Å². The minimum absolute atomic E-state index is 0.133. The highest BCUT2D eigenvalue weighted by Crippen LogP contribution is 2.40. The van der Waals surface area contributed by atoms with E-state index in [1.54, 1.807) is 18.6 Å². The molecule has 1 amide bonds. The number of hydrogen-bond acceptors (Lipinski definition) is 4. The summed E-state index contributed by atoms with van der Waals surface area (Å²) in [4.78, 5) is 26.0. The Balaban J connectivity index is 0.000000345. The van der Waals surface area contributed by atoms with Crippen LogP contribution in [0.2, 0.25) is 0 Å². The van der Waals surface area contributed by atoms with Gasteiger partial charge in [0.25, 0.3) is 5.91 Å². The Morgan fingerprint density at radius 3 is 2.25 bits per heavy atom.